The number of primary amides is 1. The first-order chi connectivity index (χ1) is 10.0. The molecule has 0 radical (unpaired) electrons. The smallest absolute Gasteiger partial charge is 0.252 e. The molecule has 2 rings (SSSR count). The second-order valence-corrected chi connectivity index (χ2v) is 4.68. The molecule has 0 aromatic heterocycles. The number of hydrogen-bond acceptors (Lipinski definition) is 3. The number of rotatable bonds is 4. The lowest BCUT2D eigenvalue weighted by atomic mass is 10.1. The second-order valence-electron chi connectivity index (χ2n) is 4.27. The van der Waals surface area contributed by atoms with Crippen LogP contribution in [0.25, 0.3) is 0 Å². The zero-order chi connectivity index (χ0) is 15.4. The molecule has 0 unspecified atom stereocenters. The van der Waals surface area contributed by atoms with Gasteiger partial charge < -0.3 is 11.1 Å². The summed E-state index contributed by atoms with van der Waals surface area (Å²) < 4.78 is 13.9. The van der Waals surface area contributed by atoms with Crippen molar-refractivity contribution >= 4 is 23.2 Å². The topological polar surface area (TPSA) is 78.9 Å². The molecule has 0 aliphatic carbocycles. The summed E-state index contributed by atoms with van der Waals surface area (Å²) in [4.78, 5) is 11.4. The number of benzene rings is 2. The van der Waals surface area contributed by atoms with Crippen LogP contribution in [-0.2, 0) is 6.54 Å². The van der Waals surface area contributed by atoms with Crippen LogP contribution in [-0.4, -0.2) is 5.91 Å². The van der Waals surface area contributed by atoms with Crippen LogP contribution < -0.4 is 11.1 Å². The van der Waals surface area contributed by atoms with Gasteiger partial charge in [-0.25, -0.2) is 4.39 Å². The van der Waals surface area contributed by atoms with Crippen molar-refractivity contribution in [2.75, 3.05) is 5.32 Å². The predicted octanol–water partition coefficient (Wildman–Crippen LogP) is 3.06. The van der Waals surface area contributed by atoms with Crippen LogP contribution >= 0.6 is 11.6 Å². The molecule has 0 aliphatic rings. The van der Waals surface area contributed by atoms with Crippen molar-refractivity contribution in [1.29, 1.82) is 5.26 Å². The van der Waals surface area contributed by atoms with E-state index in [0.717, 1.165) is 0 Å². The van der Waals surface area contributed by atoms with Crippen molar-refractivity contribution in [2.45, 2.75) is 6.54 Å². The number of carbonyl (C=O) groups excluding carboxylic acids is 1. The van der Waals surface area contributed by atoms with E-state index in [-0.39, 0.29) is 22.7 Å². The molecular formula is C15H11ClFN3O. The van der Waals surface area contributed by atoms with Crippen LogP contribution in [0, 0.1) is 17.1 Å². The fourth-order valence-electron chi connectivity index (χ4n) is 1.91. The third-order valence-electron chi connectivity index (χ3n) is 2.93. The Bertz CT molecular complexity index is 740. The Hall–Kier alpha value is -2.58. The Labute approximate surface area is 125 Å². The van der Waals surface area contributed by atoms with Crippen LogP contribution in [0.2, 0.25) is 5.02 Å². The number of nitrogens with one attached hydrogen (secondary N) is 1. The number of carbonyl (C=O) groups is 1. The normalized spacial score (nSPS) is 9.95. The van der Waals surface area contributed by atoms with Crippen molar-refractivity contribution in [3.8, 4) is 6.07 Å². The van der Waals surface area contributed by atoms with E-state index < -0.39 is 11.7 Å². The van der Waals surface area contributed by atoms with E-state index in [1.165, 1.54) is 6.07 Å². The molecule has 3 N–H and O–H groups in total. The van der Waals surface area contributed by atoms with E-state index in [4.69, 9.17) is 22.6 Å². The van der Waals surface area contributed by atoms with Gasteiger partial charge in [-0.1, -0.05) is 29.8 Å². The van der Waals surface area contributed by atoms with E-state index in [1.807, 2.05) is 0 Å². The van der Waals surface area contributed by atoms with Gasteiger partial charge in [0.2, 0.25) is 0 Å². The lowest BCUT2D eigenvalue weighted by Gasteiger charge is -2.12. The van der Waals surface area contributed by atoms with E-state index in [1.54, 1.807) is 36.4 Å². The molecule has 0 bridgehead atoms. The monoisotopic (exact) mass is 303 g/mol. The third kappa shape index (κ3) is 3.12. The third-order valence-corrected chi connectivity index (χ3v) is 3.24. The van der Waals surface area contributed by atoms with Crippen molar-refractivity contribution in [3.05, 3.63) is 63.9 Å². The van der Waals surface area contributed by atoms with Gasteiger partial charge in [0.25, 0.3) is 5.91 Å². The molecule has 0 heterocycles. The molecule has 6 heteroatoms. The molecule has 0 fully saturated rings. The first-order valence-electron chi connectivity index (χ1n) is 6.04. The van der Waals surface area contributed by atoms with E-state index >= 15 is 0 Å². The van der Waals surface area contributed by atoms with Gasteiger partial charge in [0.05, 0.1) is 16.1 Å². The highest BCUT2D eigenvalue weighted by atomic mass is 35.5. The lowest BCUT2D eigenvalue weighted by molar-refractivity contribution is 0.100. The number of hydrogen-bond donors (Lipinski definition) is 2. The Morgan fingerprint density at radius 1 is 1.33 bits per heavy atom. The fourth-order valence-corrected chi connectivity index (χ4v) is 2.18. The zero-order valence-electron chi connectivity index (χ0n) is 10.9. The largest absolute Gasteiger partial charge is 0.380 e. The molecule has 0 aliphatic heterocycles. The van der Waals surface area contributed by atoms with Gasteiger partial charge in [-0.05, 0) is 18.2 Å². The van der Waals surface area contributed by atoms with Gasteiger partial charge in [-0.3, -0.25) is 4.79 Å². The number of halogens is 2. The summed E-state index contributed by atoms with van der Waals surface area (Å²) >= 11 is 5.93. The Morgan fingerprint density at radius 2 is 2.05 bits per heavy atom. The minimum atomic E-state index is -0.672. The summed E-state index contributed by atoms with van der Waals surface area (Å²) in [5.74, 6) is -1.26. The van der Waals surface area contributed by atoms with Crippen molar-refractivity contribution < 1.29 is 9.18 Å². The van der Waals surface area contributed by atoms with E-state index in [0.29, 0.717) is 11.3 Å². The van der Waals surface area contributed by atoms with Crippen molar-refractivity contribution in [3.63, 3.8) is 0 Å². The van der Waals surface area contributed by atoms with Crippen molar-refractivity contribution in [2.24, 2.45) is 5.73 Å². The maximum Gasteiger partial charge on any atom is 0.252 e. The number of nitrogens with zero attached hydrogens (tertiary/aromatic N) is 1. The lowest BCUT2D eigenvalue weighted by Crippen LogP contribution is -2.15. The molecule has 106 valence electrons. The minimum Gasteiger partial charge on any atom is -0.380 e. The maximum atomic E-state index is 13.9. The summed E-state index contributed by atoms with van der Waals surface area (Å²) in [5, 5.41) is 11.9. The maximum absolute atomic E-state index is 13.9. The van der Waals surface area contributed by atoms with Crippen LogP contribution in [0.3, 0.4) is 0 Å². The number of amides is 1. The molecule has 0 saturated heterocycles. The molecule has 21 heavy (non-hydrogen) atoms. The van der Waals surface area contributed by atoms with Gasteiger partial charge >= 0.3 is 0 Å². The molecule has 0 saturated carbocycles. The Morgan fingerprint density at radius 3 is 2.71 bits per heavy atom. The van der Waals surface area contributed by atoms with E-state index in [2.05, 4.69) is 5.32 Å². The summed E-state index contributed by atoms with van der Waals surface area (Å²) in [6.45, 7) is 0.0992. The number of nitrogens with two attached hydrogens (primary N) is 1. The summed E-state index contributed by atoms with van der Waals surface area (Å²) in [6.07, 6.45) is 0. The highest BCUT2D eigenvalue weighted by Crippen LogP contribution is 2.24. The number of anilines is 1. The van der Waals surface area contributed by atoms with Gasteiger partial charge in [-0.2, -0.15) is 5.26 Å². The molecule has 4 nitrogen and oxygen atoms in total. The Kier molecular flexibility index (Phi) is 4.41. The quantitative estimate of drug-likeness (QED) is 0.911. The molecule has 0 spiro atoms. The molecule has 2 aromatic rings. The van der Waals surface area contributed by atoms with Crippen LogP contribution in [0.5, 0.6) is 0 Å². The van der Waals surface area contributed by atoms with Gasteiger partial charge in [-0.15, -0.1) is 0 Å². The van der Waals surface area contributed by atoms with Gasteiger partial charge in [0.15, 0.2) is 0 Å². The fraction of sp³-hybridized carbons (Fsp3) is 0.0667. The van der Waals surface area contributed by atoms with Crippen LogP contribution in [0.15, 0.2) is 36.4 Å². The number of nitriles is 1. The van der Waals surface area contributed by atoms with E-state index in [9.17, 15) is 9.18 Å². The van der Waals surface area contributed by atoms with Gasteiger partial charge in [0.1, 0.15) is 11.9 Å². The molecular weight excluding hydrogens is 293 g/mol. The summed E-state index contributed by atoms with van der Waals surface area (Å²) in [7, 11) is 0. The second kappa shape index (κ2) is 6.25. The van der Waals surface area contributed by atoms with Gasteiger partial charge in [0, 0.05) is 17.8 Å². The highest BCUT2D eigenvalue weighted by molar-refractivity contribution is 6.34. The SMILES string of the molecule is N#Cc1cccc(CNc2cccc(Cl)c2C(N)=O)c1F. The summed E-state index contributed by atoms with van der Waals surface area (Å²) in [6, 6.07) is 11.1. The summed E-state index contributed by atoms with van der Waals surface area (Å²) in [5.41, 5.74) is 6.12. The standard InChI is InChI=1S/C15H11ClFN3O/c16-11-5-2-6-12(13(11)15(19)21)20-8-10-4-1-3-9(7-18)14(10)17/h1-6,20H,8H2,(H2,19,21). The Balaban J connectivity index is 2.28. The first kappa shape index (κ1) is 14.8. The first-order valence-corrected chi connectivity index (χ1v) is 6.42. The predicted molar refractivity (Wildman–Crippen MR) is 78.4 cm³/mol. The van der Waals surface area contributed by atoms with Crippen LogP contribution in [0.1, 0.15) is 21.5 Å². The highest BCUT2D eigenvalue weighted by Gasteiger charge is 2.13. The average molecular weight is 304 g/mol. The minimum absolute atomic E-state index is 0.0319. The molecule has 2 aromatic carbocycles. The molecule has 0 atom stereocenters. The molecule has 1 amide bonds. The van der Waals surface area contributed by atoms with Crippen molar-refractivity contribution in [1.82, 2.24) is 0 Å². The zero-order valence-corrected chi connectivity index (χ0v) is 11.6. The van der Waals surface area contributed by atoms with Crippen LogP contribution in [0.4, 0.5) is 10.1 Å². The average Bonchev–Trinajstić information content (AvgIpc) is 2.45.